The van der Waals surface area contributed by atoms with Crippen LogP contribution in [0.25, 0.3) is 0 Å². The first-order valence-electron chi connectivity index (χ1n) is 5.49. The molecule has 5 heteroatoms. The third kappa shape index (κ3) is 3.55. The minimum Gasteiger partial charge on any atom is -0.398 e. The Morgan fingerprint density at radius 1 is 1.33 bits per heavy atom. The molecule has 0 amide bonds. The fourth-order valence-corrected chi connectivity index (χ4v) is 2.51. The molecule has 2 aromatic rings. The van der Waals surface area contributed by atoms with E-state index in [4.69, 9.17) is 17.3 Å². The van der Waals surface area contributed by atoms with Gasteiger partial charge < -0.3 is 11.1 Å². The van der Waals surface area contributed by atoms with Crippen molar-refractivity contribution in [2.24, 2.45) is 0 Å². The SMILES string of the molecule is Cc1ccnc(NCSc2cc(Cl)ccc2N)c1. The number of aromatic nitrogens is 1. The molecular formula is C13H14ClN3S. The number of benzene rings is 1. The number of pyridine rings is 1. The molecule has 0 unspecified atom stereocenters. The van der Waals surface area contributed by atoms with Gasteiger partial charge in [0.15, 0.2) is 0 Å². The molecule has 0 radical (unpaired) electrons. The fourth-order valence-electron chi connectivity index (χ4n) is 1.45. The lowest BCUT2D eigenvalue weighted by molar-refractivity contribution is 1.24. The summed E-state index contributed by atoms with van der Waals surface area (Å²) in [5.74, 6) is 1.56. The van der Waals surface area contributed by atoms with Gasteiger partial charge in [0.25, 0.3) is 0 Å². The van der Waals surface area contributed by atoms with Gasteiger partial charge in [-0.15, -0.1) is 11.8 Å². The van der Waals surface area contributed by atoms with Crippen molar-refractivity contribution in [2.45, 2.75) is 11.8 Å². The number of nitrogen functional groups attached to an aromatic ring is 1. The van der Waals surface area contributed by atoms with E-state index in [0.717, 1.165) is 16.4 Å². The molecule has 2 rings (SSSR count). The second kappa shape index (κ2) is 5.98. The van der Waals surface area contributed by atoms with Crippen LogP contribution in [0.1, 0.15) is 5.56 Å². The van der Waals surface area contributed by atoms with Gasteiger partial charge in [-0.2, -0.15) is 0 Å². The quantitative estimate of drug-likeness (QED) is 0.508. The molecule has 0 saturated heterocycles. The summed E-state index contributed by atoms with van der Waals surface area (Å²) in [6.07, 6.45) is 1.79. The molecule has 1 aromatic heterocycles. The molecule has 0 fully saturated rings. The number of thioether (sulfide) groups is 1. The van der Waals surface area contributed by atoms with Crippen LogP contribution >= 0.6 is 23.4 Å². The van der Waals surface area contributed by atoms with E-state index >= 15 is 0 Å². The monoisotopic (exact) mass is 279 g/mol. The van der Waals surface area contributed by atoms with Crippen molar-refractivity contribution >= 4 is 34.9 Å². The Bertz CT molecular complexity index is 546. The average Bonchev–Trinajstić information content (AvgIpc) is 2.34. The second-order valence-corrected chi connectivity index (χ2v) is 5.32. The maximum Gasteiger partial charge on any atom is 0.126 e. The van der Waals surface area contributed by atoms with Gasteiger partial charge >= 0.3 is 0 Å². The molecule has 0 bridgehead atoms. The van der Waals surface area contributed by atoms with Crippen molar-refractivity contribution < 1.29 is 0 Å². The zero-order valence-corrected chi connectivity index (χ0v) is 11.6. The highest BCUT2D eigenvalue weighted by Gasteiger charge is 2.01. The maximum absolute atomic E-state index is 5.93. The summed E-state index contributed by atoms with van der Waals surface area (Å²) >= 11 is 7.53. The van der Waals surface area contributed by atoms with Crippen LogP contribution in [0.4, 0.5) is 11.5 Å². The number of halogens is 1. The lowest BCUT2D eigenvalue weighted by Crippen LogP contribution is -2.00. The molecule has 3 nitrogen and oxygen atoms in total. The summed E-state index contributed by atoms with van der Waals surface area (Å²) in [6, 6.07) is 9.44. The van der Waals surface area contributed by atoms with Crippen LogP contribution in [0, 0.1) is 6.92 Å². The van der Waals surface area contributed by atoms with Gasteiger partial charge in [-0.1, -0.05) is 11.6 Å². The fraction of sp³-hybridized carbons (Fsp3) is 0.154. The van der Waals surface area contributed by atoms with E-state index in [-0.39, 0.29) is 0 Å². The van der Waals surface area contributed by atoms with E-state index < -0.39 is 0 Å². The predicted molar refractivity (Wildman–Crippen MR) is 79.2 cm³/mol. The van der Waals surface area contributed by atoms with Gasteiger partial charge in [-0.05, 0) is 42.8 Å². The highest BCUT2D eigenvalue weighted by molar-refractivity contribution is 7.99. The highest BCUT2D eigenvalue weighted by atomic mass is 35.5. The van der Waals surface area contributed by atoms with Gasteiger partial charge in [0, 0.05) is 21.8 Å². The first kappa shape index (κ1) is 13.1. The van der Waals surface area contributed by atoms with Crippen molar-refractivity contribution in [1.82, 2.24) is 4.98 Å². The minimum absolute atomic E-state index is 0.695. The topological polar surface area (TPSA) is 50.9 Å². The second-order valence-electron chi connectivity index (χ2n) is 3.87. The number of aryl methyl sites for hydroxylation is 1. The molecule has 94 valence electrons. The molecule has 0 atom stereocenters. The van der Waals surface area contributed by atoms with E-state index in [1.807, 2.05) is 31.2 Å². The van der Waals surface area contributed by atoms with E-state index in [9.17, 15) is 0 Å². The number of rotatable bonds is 4. The van der Waals surface area contributed by atoms with Crippen LogP contribution in [0.3, 0.4) is 0 Å². The first-order chi connectivity index (χ1) is 8.65. The third-order valence-electron chi connectivity index (χ3n) is 2.37. The van der Waals surface area contributed by atoms with E-state index in [1.165, 1.54) is 5.56 Å². The molecule has 0 spiro atoms. The molecule has 0 aliphatic carbocycles. The first-order valence-corrected chi connectivity index (χ1v) is 6.86. The Kier molecular flexibility index (Phi) is 4.33. The zero-order chi connectivity index (χ0) is 13.0. The van der Waals surface area contributed by atoms with Gasteiger partial charge in [0.1, 0.15) is 5.82 Å². The van der Waals surface area contributed by atoms with E-state index in [1.54, 1.807) is 24.0 Å². The molecular weight excluding hydrogens is 266 g/mol. The summed E-state index contributed by atoms with van der Waals surface area (Å²) in [6.45, 7) is 2.04. The van der Waals surface area contributed by atoms with Crippen LogP contribution < -0.4 is 11.1 Å². The number of nitrogens with zero attached hydrogens (tertiary/aromatic N) is 1. The van der Waals surface area contributed by atoms with Crippen molar-refractivity contribution in [3.05, 3.63) is 47.1 Å². The van der Waals surface area contributed by atoms with Crippen molar-refractivity contribution in [2.75, 3.05) is 16.9 Å². The van der Waals surface area contributed by atoms with Gasteiger partial charge in [0.05, 0.1) is 5.88 Å². The van der Waals surface area contributed by atoms with Gasteiger partial charge in [0.2, 0.25) is 0 Å². The van der Waals surface area contributed by atoms with E-state index in [0.29, 0.717) is 10.9 Å². The Labute approximate surface area is 116 Å². The standard InChI is InChI=1S/C13H14ClN3S/c1-9-4-5-16-13(6-9)17-8-18-12-7-10(14)2-3-11(12)15/h2-7H,8,15H2,1H3,(H,16,17). The Hall–Kier alpha value is -1.39. The third-order valence-corrected chi connectivity index (χ3v) is 3.56. The van der Waals surface area contributed by atoms with Crippen LogP contribution in [0.15, 0.2) is 41.4 Å². The number of anilines is 2. The normalized spacial score (nSPS) is 10.3. The number of nitrogens with two attached hydrogens (primary N) is 1. The van der Waals surface area contributed by atoms with Crippen LogP contribution in [0.5, 0.6) is 0 Å². The summed E-state index contributed by atoms with van der Waals surface area (Å²) in [4.78, 5) is 5.20. The summed E-state index contributed by atoms with van der Waals surface area (Å²) in [7, 11) is 0. The molecule has 3 N–H and O–H groups in total. The van der Waals surface area contributed by atoms with Crippen LogP contribution in [-0.2, 0) is 0 Å². The molecule has 1 heterocycles. The molecule has 18 heavy (non-hydrogen) atoms. The van der Waals surface area contributed by atoms with Crippen molar-refractivity contribution in [1.29, 1.82) is 0 Å². The van der Waals surface area contributed by atoms with Gasteiger partial charge in [-0.3, -0.25) is 0 Å². The van der Waals surface area contributed by atoms with Crippen molar-refractivity contribution in [3.8, 4) is 0 Å². The number of nitrogens with one attached hydrogen (secondary N) is 1. The Morgan fingerprint density at radius 2 is 2.17 bits per heavy atom. The maximum atomic E-state index is 5.93. The Morgan fingerprint density at radius 3 is 2.94 bits per heavy atom. The zero-order valence-electron chi connectivity index (χ0n) is 9.98. The summed E-state index contributed by atoms with van der Waals surface area (Å²) < 4.78 is 0. The summed E-state index contributed by atoms with van der Waals surface area (Å²) in [5.41, 5.74) is 7.79. The highest BCUT2D eigenvalue weighted by Crippen LogP contribution is 2.27. The van der Waals surface area contributed by atoms with Gasteiger partial charge in [-0.25, -0.2) is 4.98 Å². The molecule has 1 aromatic carbocycles. The molecule has 0 aliphatic heterocycles. The van der Waals surface area contributed by atoms with E-state index in [2.05, 4.69) is 10.3 Å². The van der Waals surface area contributed by atoms with Crippen LogP contribution in [-0.4, -0.2) is 10.9 Å². The summed E-state index contributed by atoms with van der Waals surface area (Å²) in [5, 5.41) is 3.93. The average molecular weight is 280 g/mol. The minimum atomic E-state index is 0.695. The number of hydrogen-bond acceptors (Lipinski definition) is 4. The largest absolute Gasteiger partial charge is 0.398 e. The lowest BCUT2D eigenvalue weighted by Gasteiger charge is -2.08. The smallest absolute Gasteiger partial charge is 0.126 e. The lowest BCUT2D eigenvalue weighted by atomic mass is 10.3. The van der Waals surface area contributed by atoms with Crippen molar-refractivity contribution in [3.63, 3.8) is 0 Å². The van der Waals surface area contributed by atoms with Crippen LogP contribution in [0.2, 0.25) is 5.02 Å². The molecule has 0 saturated carbocycles. The Balaban J connectivity index is 1.94. The molecule has 0 aliphatic rings. The predicted octanol–water partition coefficient (Wildman–Crippen LogP) is 3.79. The number of hydrogen-bond donors (Lipinski definition) is 2.